The van der Waals surface area contributed by atoms with Gasteiger partial charge >= 0.3 is 0 Å². The smallest absolute Gasteiger partial charge is 0.237 e. The van der Waals surface area contributed by atoms with Crippen LogP contribution in [0.1, 0.15) is 18.9 Å². The fraction of sp³-hybridized carbons (Fsp3) is 0.667. The van der Waals surface area contributed by atoms with Crippen molar-refractivity contribution in [3.63, 3.8) is 0 Å². The van der Waals surface area contributed by atoms with Crippen LogP contribution in [0.4, 0.5) is 0 Å². The summed E-state index contributed by atoms with van der Waals surface area (Å²) >= 11 is 0. The van der Waals surface area contributed by atoms with Crippen molar-refractivity contribution in [1.82, 2.24) is 19.2 Å². The van der Waals surface area contributed by atoms with Crippen LogP contribution in [0.2, 0.25) is 0 Å². The number of amides is 1. The molecule has 118 valence electrons. The molecule has 0 aliphatic carbocycles. The highest BCUT2D eigenvalue weighted by atomic mass is 32.2. The maximum atomic E-state index is 12.0. The second kappa shape index (κ2) is 6.54. The van der Waals surface area contributed by atoms with E-state index in [4.69, 9.17) is 0 Å². The average molecular weight is 316 g/mol. The van der Waals surface area contributed by atoms with Crippen molar-refractivity contribution < 1.29 is 18.3 Å². The number of likely N-dealkylation sites (tertiary alicyclic amines) is 1. The second-order valence-electron chi connectivity index (χ2n) is 5.20. The molecular weight excluding hydrogens is 296 g/mol. The Morgan fingerprint density at radius 3 is 2.76 bits per heavy atom. The van der Waals surface area contributed by atoms with Gasteiger partial charge in [-0.3, -0.25) is 4.79 Å². The molecule has 21 heavy (non-hydrogen) atoms. The van der Waals surface area contributed by atoms with Crippen molar-refractivity contribution in [3.05, 3.63) is 18.7 Å². The number of rotatable bonds is 4. The van der Waals surface area contributed by atoms with Gasteiger partial charge in [-0.05, 0) is 12.8 Å². The number of nitrogens with one attached hydrogen (secondary N) is 1. The monoisotopic (exact) mass is 316 g/mol. The summed E-state index contributed by atoms with van der Waals surface area (Å²) in [5.74, 6) is -0.279. The molecule has 0 radical (unpaired) electrons. The molecule has 1 aliphatic rings. The predicted octanol–water partition coefficient (Wildman–Crippen LogP) is -1.04. The number of imidazole rings is 1. The molecule has 2 N–H and O–H groups in total. The van der Waals surface area contributed by atoms with E-state index in [-0.39, 0.29) is 18.5 Å². The maximum Gasteiger partial charge on any atom is 0.237 e. The Kier molecular flexibility index (Phi) is 4.96. The van der Waals surface area contributed by atoms with Crippen molar-refractivity contribution in [2.45, 2.75) is 25.0 Å². The van der Waals surface area contributed by atoms with E-state index in [9.17, 15) is 18.3 Å². The first kappa shape index (κ1) is 15.9. The van der Waals surface area contributed by atoms with E-state index in [0.717, 1.165) is 6.26 Å². The summed E-state index contributed by atoms with van der Waals surface area (Å²) in [7, 11) is -3.38. The lowest BCUT2D eigenvalue weighted by molar-refractivity contribution is -0.129. The van der Waals surface area contributed by atoms with Gasteiger partial charge in [0.1, 0.15) is 0 Å². The van der Waals surface area contributed by atoms with Gasteiger partial charge in [-0.2, -0.15) is 0 Å². The van der Waals surface area contributed by atoms with Crippen LogP contribution >= 0.6 is 0 Å². The number of aliphatic hydroxyl groups is 1. The van der Waals surface area contributed by atoms with Crippen LogP contribution in [0, 0.1) is 0 Å². The number of carbonyl (C=O) groups is 1. The molecule has 2 heterocycles. The molecular formula is C12H20N4O4S. The Balaban J connectivity index is 1.95. The molecule has 0 saturated carbocycles. The Labute approximate surface area is 123 Å². The van der Waals surface area contributed by atoms with Crippen LogP contribution in [0.5, 0.6) is 0 Å². The Bertz CT molecular complexity index is 572. The lowest BCUT2D eigenvalue weighted by Crippen LogP contribution is -2.40. The molecule has 2 rings (SSSR count). The summed E-state index contributed by atoms with van der Waals surface area (Å²) in [5, 5.41) is 10.2. The predicted molar refractivity (Wildman–Crippen MR) is 75.9 cm³/mol. The first-order valence-corrected chi connectivity index (χ1v) is 8.64. The topological polar surface area (TPSA) is 105 Å². The van der Waals surface area contributed by atoms with Crippen molar-refractivity contribution in [1.29, 1.82) is 0 Å². The molecule has 1 saturated heterocycles. The molecule has 2 atom stereocenters. The minimum Gasteiger partial charge on any atom is -0.391 e. The molecule has 9 heteroatoms. The van der Waals surface area contributed by atoms with E-state index < -0.39 is 16.1 Å². The van der Waals surface area contributed by atoms with E-state index >= 15 is 0 Å². The van der Waals surface area contributed by atoms with Gasteiger partial charge in [-0.1, -0.05) is 0 Å². The van der Waals surface area contributed by atoms with E-state index in [0.29, 0.717) is 25.9 Å². The number of hydrogen-bond acceptors (Lipinski definition) is 5. The summed E-state index contributed by atoms with van der Waals surface area (Å²) in [6, 6.07) is -0.117. The summed E-state index contributed by atoms with van der Waals surface area (Å²) in [6.07, 6.45) is 6.60. The third-order valence-corrected chi connectivity index (χ3v) is 4.25. The van der Waals surface area contributed by atoms with Gasteiger partial charge in [0.2, 0.25) is 15.9 Å². The molecule has 0 unspecified atom stereocenters. The second-order valence-corrected chi connectivity index (χ2v) is 7.03. The summed E-state index contributed by atoms with van der Waals surface area (Å²) in [6.45, 7) is 0.644. The summed E-state index contributed by atoms with van der Waals surface area (Å²) in [4.78, 5) is 17.5. The Morgan fingerprint density at radius 1 is 1.43 bits per heavy atom. The number of carbonyl (C=O) groups excluding carboxylic acids is 1. The van der Waals surface area contributed by atoms with Crippen LogP contribution in [0.3, 0.4) is 0 Å². The Hall–Kier alpha value is -1.45. The van der Waals surface area contributed by atoms with Gasteiger partial charge in [0, 0.05) is 25.5 Å². The number of nitrogens with zero attached hydrogens (tertiary/aromatic N) is 3. The largest absolute Gasteiger partial charge is 0.391 e. The molecule has 0 aromatic carbocycles. The molecule has 8 nitrogen and oxygen atoms in total. The molecule has 1 amide bonds. The number of aliphatic hydroxyl groups excluding tert-OH is 1. The number of aromatic nitrogens is 2. The Morgan fingerprint density at radius 2 is 2.14 bits per heavy atom. The summed E-state index contributed by atoms with van der Waals surface area (Å²) in [5.41, 5.74) is 0. The maximum absolute atomic E-state index is 12.0. The van der Waals surface area contributed by atoms with Gasteiger partial charge in [0.05, 0.1) is 31.3 Å². The lowest BCUT2D eigenvalue weighted by Gasteiger charge is -2.21. The van der Waals surface area contributed by atoms with Crippen molar-refractivity contribution in [2.75, 3.05) is 25.9 Å². The normalized spacial score (nSPS) is 23.8. The average Bonchev–Trinajstić information content (AvgIpc) is 2.86. The minimum absolute atomic E-state index is 0.117. The van der Waals surface area contributed by atoms with Crippen molar-refractivity contribution in [3.8, 4) is 0 Å². The van der Waals surface area contributed by atoms with Crippen molar-refractivity contribution >= 4 is 15.9 Å². The molecule has 1 aromatic rings. The molecule has 1 aromatic heterocycles. The van der Waals surface area contributed by atoms with E-state index in [1.807, 2.05) is 4.57 Å². The fourth-order valence-corrected chi connectivity index (χ4v) is 2.83. The molecule has 1 fully saturated rings. The highest BCUT2D eigenvalue weighted by molar-refractivity contribution is 7.88. The zero-order chi connectivity index (χ0) is 15.5. The highest BCUT2D eigenvalue weighted by Gasteiger charge is 2.27. The third-order valence-electron chi connectivity index (χ3n) is 3.58. The quantitative estimate of drug-likeness (QED) is 0.738. The zero-order valence-electron chi connectivity index (χ0n) is 11.8. The van der Waals surface area contributed by atoms with E-state index in [1.54, 1.807) is 23.6 Å². The highest BCUT2D eigenvalue weighted by Crippen LogP contribution is 2.22. The van der Waals surface area contributed by atoms with Gasteiger partial charge in [0.15, 0.2) is 0 Å². The van der Waals surface area contributed by atoms with Crippen LogP contribution in [0.15, 0.2) is 18.7 Å². The third kappa shape index (κ3) is 4.51. The van der Waals surface area contributed by atoms with Crippen LogP contribution < -0.4 is 4.72 Å². The SMILES string of the molecule is CS(=O)(=O)NCC(=O)N1CC[C@H](O)[C@@H](n2ccnc2)CC1. The molecule has 1 aliphatic heterocycles. The fourth-order valence-electron chi connectivity index (χ4n) is 2.44. The number of hydrogen-bond donors (Lipinski definition) is 2. The van der Waals surface area contributed by atoms with Gasteiger partial charge < -0.3 is 14.6 Å². The first-order valence-electron chi connectivity index (χ1n) is 6.75. The van der Waals surface area contributed by atoms with Crippen LogP contribution in [0.25, 0.3) is 0 Å². The van der Waals surface area contributed by atoms with Crippen LogP contribution in [-0.4, -0.2) is 65.9 Å². The van der Waals surface area contributed by atoms with E-state index in [1.165, 1.54) is 0 Å². The van der Waals surface area contributed by atoms with Crippen LogP contribution in [-0.2, 0) is 14.8 Å². The standard InChI is InChI=1S/C12H20N4O4S/c1-21(19,20)14-8-12(18)15-5-2-10(11(17)3-6-15)16-7-4-13-9-16/h4,7,9-11,14,17H,2-3,5-6,8H2,1H3/t10-,11-/m0/s1. The first-order chi connectivity index (χ1) is 9.87. The van der Waals surface area contributed by atoms with E-state index in [2.05, 4.69) is 9.71 Å². The lowest BCUT2D eigenvalue weighted by atomic mass is 10.1. The van der Waals surface area contributed by atoms with Gasteiger partial charge in [-0.15, -0.1) is 0 Å². The molecule has 0 spiro atoms. The van der Waals surface area contributed by atoms with Crippen molar-refractivity contribution in [2.24, 2.45) is 0 Å². The minimum atomic E-state index is -3.38. The van der Waals surface area contributed by atoms with Gasteiger partial charge in [0.25, 0.3) is 0 Å². The van der Waals surface area contributed by atoms with Gasteiger partial charge in [-0.25, -0.2) is 18.1 Å². The molecule has 0 bridgehead atoms. The summed E-state index contributed by atoms with van der Waals surface area (Å²) < 4.78 is 26.1. The number of sulfonamides is 1. The zero-order valence-corrected chi connectivity index (χ0v) is 12.7.